The molecule has 1 aromatic carbocycles. The molecule has 2 aromatic heterocycles. The molecular formula is C17H12FN3OS. The summed E-state index contributed by atoms with van der Waals surface area (Å²) in [4.78, 5) is 17.7. The fourth-order valence-electron chi connectivity index (χ4n) is 2.29. The van der Waals surface area contributed by atoms with E-state index in [4.69, 9.17) is 5.26 Å². The van der Waals surface area contributed by atoms with Gasteiger partial charge in [-0.3, -0.25) is 9.78 Å². The van der Waals surface area contributed by atoms with Crippen molar-refractivity contribution >= 4 is 33.1 Å². The number of nitriles is 1. The molecule has 0 saturated carbocycles. The van der Waals surface area contributed by atoms with Gasteiger partial charge >= 0.3 is 0 Å². The quantitative estimate of drug-likeness (QED) is 0.787. The minimum atomic E-state index is -0.503. The molecule has 0 atom stereocenters. The molecule has 0 bridgehead atoms. The second kappa shape index (κ2) is 6.15. The number of amides is 1. The monoisotopic (exact) mass is 325 g/mol. The maximum atomic E-state index is 13.7. The zero-order valence-corrected chi connectivity index (χ0v) is 13.1. The number of nitrogens with one attached hydrogen (secondary N) is 1. The lowest BCUT2D eigenvalue weighted by molar-refractivity contribution is 0.102. The number of benzene rings is 1. The number of fused-ring (bicyclic) bond motifs is 1. The number of hydrogen-bond donors (Lipinski definition) is 1. The Hall–Kier alpha value is -2.78. The van der Waals surface area contributed by atoms with Gasteiger partial charge in [-0.25, -0.2) is 4.39 Å². The summed E-state index contributed by atoms with van der Waals surface area (Å²) in [7, 11) is 0. The summed E-state index contributed by atoms with van der Waals surface area (Å²) in [5.74, 6) is -0.981. The van der Waals surface area contributed by atoms with Crippen LogP contribution in [0.4, 0.5) is 9.39 Å². The molecule has 23 heavy (non-hydrogen) atoms. The Balaban J connectivity index is 2.02. The highest BCUT2D eigenvalue weighted by Crippen LogP contribution is 2.29. The van der Waals surface area contributed by atoms with E-state index in [1.165, 1.54) is 17.4 Å². The average molecular weight is 325 g/mol. The second-order valence-corrected chi connectivity index (χ2v) is 6.04. The molecule has 3 rings (SSSR count). The first-order chi connectivity index (χ1) is 11.1. The molecule has 1 N–H and O–H groups in total. The van der Waals surface area contributed by atoms with Crippen molar-refractivity contribution in [2.24, 2.45) is 0 Å². The number of anilines is 1. The SMILES string of the molecule is CCc1cc(C#N)c(NC(=O)c2cc(F)cc3cccnc23)s1. The zero-order valence-electron chi connectivity index (χ0n) is 12.3. The van der Waals surface area contributed by atoms with Gasteiger partial charge in [-0.2, -0.15) is 5.26 Å². The van der Waals surface area contributed by atoms with Crippen LogP contribution >= 0.6 is 11.3 Å². The summed E-state index contributed by atoms with van der Waals surface area (Å²) in [6.07, 6.45) is 2.33. The summed E-state index contributed by atoms with van der Waals surface area (Å²) < 4.78 is 13.7. The van der Waals surface area contributed by atoms with Crippen LogP contribution in [0.25, 0.3) is 10.9 Å². The van der Waals surface area contributed by atoms with E-state index in [1.54, 1.807) is 24.4 Å². The molecule has 2 heterocycles. The van der Waals surface area contributed by atoms with Crippen LogP contribution in [0.5, 0.6) is 0 Å². The van der Waals surface area contributed by atoms with E-state index in [0.29, 0.717) is 21.5 Å². The number of halogens is 1. The van der Waals surface area contributed by atoms with Gasteiger partial charge in [0.25, 0.3) is 5.91 Å². The van der Waals surface area contributed by atoms with Gasteiger partial charge in [0.1, 0.15) is 16.9 Å². The van der Waals surface area contributed by atoms with E-state index in [1.807, 2.05) is 6.92 Å². The van der Waals surface area contributed by atoms with E-state index in [0.717, 1.165) is 17.4 Å². The van der Waals surface area contributed by atoms with Gasteiger partial charge < -0.3 is 5.32 Å². The van der Waals surface area contributed by atoms with Crippen LogP contribution in [-0.2, 0) is 6.42 Å². The van der Waals surface area contributed by atoms with Gasteiger partial charge in [-0.05, 0) is 30.7 Å². The van der Waals surface area contributed by atoms with Crippen molar-refractivity contribution in [1.29, 1.82) is 5.26 Å². The Morgan fingerprint density at radius 1 is 1.43 bits per heavy atom. The van der Waals surface area contributed by atoms with Crippen molar-refractivity contribution < 1.29 is 9.18 Å². The van der Waals surface area contributed by atoms with Crippen LogP contribution in [0, 0.1) is 17.1 Å². The van der Waals surface area contributed by atoms with Crippen LogP contribution in [-0.4, -0.2) is 10.9 Å². The fourth-order valence-corrected chi connectivity index (χ4v) is 3.23. The maximum Gasteiger partial charge on any atom is 0.258 e. The van der Waals surface area contributed by atoms with Crippen molar-refractivity contribution in [3.8, 4) is 6.07 Å². The average Bonchev–Trinajstić information content (AvgIpc) is 2.96. The third-order valence-electron chi connectivity index (χ3n) is 3.39. The number of nitrogens with zero attached hydrogens (tertiary/aromatic N) is 2. The lowest BCUT2D eigenvalue weighted by Gasteiger charge is -2.07. The van der Waals surface area contributed by atoms with Crippen molar-refractivity contribution in [3.63, 3.8) is 0 Å². The van der Waals surface area contributed by atoms with E-state index in [-0.39, 0.29) is 5.56 Å². The van der Waals surface area contributed by atoms with E-state index < -0.39 is 11.7 Å². The second-order valence-electron chi connectivity index (χ2n) is 4.90. The van der Waals surface area contributed by atoms with Gasteiger partial charge in [0.05, 0.1) is 16.6 Å². The largest absolute Gasteiger partial charge is 0.312 e. The molecule has 4 nitrogen and oxygen atoms in total. The molecule has 6 heteroatoms. The fraction of sp³-hybridized carbons (Fsp3) is 0.118. The van der Waals surface area contributed by atoms with Crippen molar-refractivity contribution in [2.75, 3.05) is 5.32 Å². The smallest absolute Gasteiger partial charge is 0.258 e. The lowest BCUT2D eigenvalue weighted by atomic mass is 10.1. The van der Waals surface area contributed by atoms with Crippen molar-refractivity contribution in [1.82, 2.24) is 4.98 Å². The Bertz CT molecular complexity index is 943. The third-order valence-corrected chi connectivity index (χ3v) is 4.59. The molecule has 0 fully saturated rings. The highest BCUT2D eigenvalue weighted by Gasteiger charge is 2.16. The summed E-state index contributed by atoms with van der Waals surface area (Å²) in [6.45, 7) is 1.97. The number of aromatic nitrogens is 1. The minimum Gasteiger partial charge on any atom is -0.312 e. The van der Waals surface area contributed by atoms with Crippen LogP contribution in [0.15, 0.2) is 36.5 Å². The molecule has 114 valence electrons. The predicted molar refractivity (Wildman–Crippen MR) is 88.1 cm³/mol. The normalized spacial score (nSPS) is 10.5. The van der Waals surface area contributed by atoms with Gasteiger partial charge in [0, 0.05) is 16.5 Å². The predicted octanol–water partition coefficient (Wildman–Crippen LogP) is 4.12. The zero-order chi connectivity index (χ0) is 16.4. The third kappa shape index (κ3) is 2.91. The number of carbonyl (C=O) groups excluding carboxylic acids is 1. The van der Waals surface area contributed by atoms with Gasteiger partial charge in [0.15, 0.2) is 0 Å². The number of pyridine rings is 1. The van der Waals surface area contributed by atoms with Gasteiger partial charge in [-0.1, -0.05) is 13.0 Å². The number of hydrogen-bond acceptors (Lipinski definition) is 4. The first-order valence-electron chi connectivity index (χ1n) is 7.00. The summed E-state index contributed by atoms with van der Waals surface area (Å²) in [6, 6.07) is 9.69. The molecule has 0 aliphatic heterocycles. The molecule has 0 unspecified atom stereocenters. The molecule has 0 radical (unpaired) electrons. The van der Waals surface area contributed by atoms with E-state index in [9.17, 15) is 9.18 Å². The van der Waals surface area contributed by atoms with Crippen LogP contribution in [0.1, 0.15) is 27.7 Å². The number of rotatable bonds is 3. The molecule has 1 amide bonds. The molecule has 0 spiro atoms. The maximum absolute atomic E-state index is 13.7. The summed E-state index contributed by atoms with van der Waals surface area (Å²) >= 11 is 1.35. The van der Waals surface area contributed by atoms with Gasteiger partial charge in [-0.15, -0.1) is 11.3 Å². The summed E-state index contributed by atoms with van der Waals surface area (Å²) in [5, 5.41) is 12.9. The van der Waals surface area contributed by atoms with Crippen LogP contribution < -0.4 is 5.32 Å². The van der Waals surface area contributed by atoms with Crippen LogP contribution in [0.3, 0.4) is 0 Å². The number of carbonyl (C=O) groups is 1. The van der Waals surface area contributed by atoms with Crippen LogP contribution in [0.2, 0.25) is 0 Å². The van der Waals surface area contributed by atoms with Crippen molar-refractivity contribution in [3.05, 3.63) is 58.3 Å². The number of aryl methyl sites for hydroxylation is 1. The first kappa shape index (κ1) is 15.1. The number of thiophene rings is 1. The lowest BCUT2D eigenvalue weighted by Crippen LogP contribution is -2.13. The topological polar surface area (TPSA) is 65.8 Å². The van der Waals surface area contributed by atoms with Crippen molar-refractivity contribution in [2.45, 2.75) is 13.3 Å². The van der Waals surface area contributed by atoms with Gasteiger partial charge in [0.2, 0.25) is 0 Å². The Kier molecular flexibility index (Phi) is 4.04. The summed E-state index contributed by atoms with van der Waals surface area (Å²) in [5.41, 5.74) is 0.988. The molecule has 0 aliphatic carbocycles. The Labute approximate surface area is 136 Å². The minimum absolute atomic E-state index is 0.149. The first-order valence-corrected chi connectivity index (χ1v) is 7.82. The Morgan fingerprint density at radius 3 is 3.00 bits per heavy atom. The highest BCUT2D eigenvalue weighted by atomic mass is 32.1. The Morgan fingerprint density at radius 2 is 2.26 bits per heavy atom. The molecule has 0 saturated heterocycles. The van der Waals surface area contributed by atoms with E-state index in [2.05, 4.69) is 16.4 Å². The molecule has 3 aromatic rings. The highest BCUT2D eigenvalue weighted by molar-refractivity contribution is 7.16. The molecule has 0 aliphatic rings. The van der Waals surface area contributed by atoms with E-state index >= 15 is 0 Å². The molecular weight excluding hydrogens is 313 g/mol. The standard InChI is InChI=1S/C17H12FN3OS/c1-2-13-7-11(9-19)17(23-13)21-16(22)14-8-12(18)6-10-4-3-5-20-15(10)14/h3-8H,2H2,1H3,(H,21,22).